The molecule has 0 radical (unpaired) electrons. The summed E-state index contributed by atoms with van der Waals surface area (Å²) in [5.74, 6) is 0.781. The molecule has 0 spiro atoms. The highest BCUT2D eigenvalue weighted by Crippen LogP contribution is 2.16. The van der Waals surface area contributed by atoms with Crippen molar-refractivity contribution in [2.75, 3.05) is 23.8 Å². The number of hydrogen-bond donors (Lipinski definition) is 2. The summed E-state index contributed by atoms with van der Waals surface area (Å²) in [6.45, 7) is 3.87. The van der Waals surface area contributed by atoms with Crippen LogP contribution in [0.25, 0.3) is 0 Å². The van der Waals surface area contributed by atoms with Crippen LogP contribution in [0.5, 0.6) is 0 Å². The molecule has 0 atom stereocenters. The molecule has 0 unspecified atom stereocenters. The Labute approximate surface area is 111 Å². The lowest BCUT2D eigenvalue weighted by molar-refractivity contribution is 0.583. The van der Waals surface area contributed by atoms with E-state index >= 15 is 0 Å². The van der Waals surface area contributed by atoms with E-state index in [1.54, 1.807) is 17.8 Å². The third kappa shape index (κ3) is 4.32. The first-order chi connectivity index (χ1) is 8.47. The Morgan fingerprint density at radius 3 is 2.83 bits per heavy atom. The zero-order valence-corrected chi connectivity index (χ0v) is 11.4. The van der Waals surface area contributed by atoms with E-state index in [1.165, 1.54) is 6.07 Å². The predicted octanol–water partition coefficient (Wildman–Crippen LogP) is 1.61. The van der Waals surface area contributed by atoms with Crippen LogP contribution < -0.4 is 10.5 Å². The minimum absolute atomic E-state index is 0.0323. The maximum Gasteiger partial charge on any atom is 0.240 e. The quantitative estimate of drug-likeness (QED) is 0.454. The highest BCUT2D eigenvalue weighted by atomic mass is 32.2. The second kappa shape index (κ2) is 6.77. The van der Waals surface area contributed by atoms with Gasteiger partial charge in [0.2, 0.25) is 10.0 Å². The molecule has 7 heteroatoms. The maximum absolute atomic E-state index is 12.9. The summed E-state index contributed by atoms with van der Waals surface area (Å²) in [5, 5.41) is 0. The standard InChI is InChI=1S/C11H15FN2O2S2/c1-2-6-17-7-5-14-18(15,16)9-3-4-10(12)11(13)8-9/h2-4,8,14H,1,5-7,13H2. The van der Waals surface area contributed by atoms with Crippen LogP contribution >= 0.6 is 11.8 Å². The van der Waals surface area contributed by atoms with E-state index in [4.69, 9.17) is 5.73 Å². The fourth-order valence-electron chi connectivity index (χ4n) is 1.19. The van der Waals surface area contributed by atoms with Gasteiger partial charge in [-0.1, -0.05) is 6.08 Å². The minimum atomic E-state index is -3.62. The molecular formula is C11H15FN2O2S2. The lowest BCUT2D eigenvalue weighted by atomic mass is 10.3. The third-order valence-corrected chi connectivity index (χ3v) is 4.47. The molecule has 0 aromatic heterocycles. The van der Waals surface area contributed by atoms with Gasteiger partial charge in [0, 0.05) is 18.1 Å². The highest BCUT2D eigenvalue weighted by Gasteiger charge is 2.14. The van der Waals surface area contributed by atoms with Crippen molar-refractivity contribution >= 4 is 27.5 Å². The largest absolute Gasteiger partial charge is 0.396 e. The Morgan fingerprint density at radius 1 is 1.50 bits per heavy atom. The lowest BCUT2D eigenvalue weighted by Gasteiger charge is -2.07. The number of nitrogen functional groups attached to an aromatic ring is 1. The van der Waals surface area contributed by atoms with Gasteiger partial charge in [0.15, 0.2) is 0 Å². The number of sulfonamides is 1. The molecule has 0 heterocycles. The predicted molar refractivity (Wildman–Crippen MR) is 73.5 cm³/mol. The molecule has 1 aromatic carbocycles. The Kier molecular flexibility index (Phi) is 5.64. The van der Waals surface area contributed by atoms with E-state index in [9.17, 15) is 12.8 Å². The Morgan fingerprint density at radius 2 is 2.22 bits per heavy atom. The van der Waals surface area contributed by atoms with Crippen LogP contribution in [0, 0.1) is 5.82 Å². The van der Waals surface area contributed by atoms with E-state index in [0.717, 1.165) is 17.9 Å². The summed E-state index contributed by atoms with van der Waals surface area (Å²) in [4.78, 5) is -0.0323. The highest BCUT2D eigenvalue weighted by molar-refractivity contribution is 7.99. The summed E-state index contributed by atoms with van der Waals surface area (Å²) in [6.07, 6.45) is 1.75. The van der Waals surface area contributed by atoms with Gasteiger partial charge in [-0.3, -0.25) is 0 Å². The number of nitrogens with two attached hydrogens (primary N) is 1. The van der Waals surface area contributed by atoms with Gasteiger partial charge in [-0.15, -0.1) is 6.58 Å². The van der Waals surface area contributed by atoms with Gasteiger partial charge in [-0.25, -0.2) is 17.5 Å². The molecule has 1 aromatic rings. The molecule has 0 aliphatic carbocycles. The van der Waals surface area contributed by atoms with Gasteiger partial charge in [0.1, 0.15) is 5.82 Å². The molecular weight excluding hydrogens is 275 g/mol. The average molecular weight is 290 g/mol. The van der Waals surface area contributed by atoms with Crippen molar-refractivity contribution in [3.05, 3.63) is 36.7 Å². The van der Waals surface area contributed by atoms with E-state index in [1.807, 2.05) is 0 Å². The summed E-state index contributed by atoms with van der Waals surface area (Å²) in [7, 11) is -3.62. The van der Waals surface area contributed by atoms with Crippen molar-refractivity contribution in [2.45, 2.75) is 4.90 Å². The SMILES string of the molecule is C=CCSCCNS(=O)(=O)c1ccc(F)c(N)c1. The third-order valence-electron chi connectivity index (χ3n) is 2.05. The summed E-state index contributed by atoms with van der Waals surface area (Å²) in [5.41, 5.74) is 5.15. The van der Waals surface area contributed by atoms with Crippen LogP contribution in [-0.2, 0) is 10.0 Å². The average Bonchev–Trinajstić information content (AvgIpc) is 2.32. The first-order valence-corrected chi connectivity index (χ1v) is 7.84. The van der Waals surface area contributed by atoms with Gasteiger partial charge in [-0.2, -0.15) is 11.8 Å². The molecule has 0 amide bonds. The Balaban J connectivity index is 2.62. The van der Waals surface area contributed by atoms with Gasteiger partial charge < -0.3 is 5.73 Å². The number of anilines is 1. The topological polar surface area (TPSA) is 72.2 Å². The molecule has 1 rings (SSSR count). The molecule has 0 aliphatic heterocycles. The van der Waals surface area contributed by atoms with Crippen LogP contribution in [0.2, 0.25) is 0 Å². The molecule has 0 aliphatic rings. The smallest absolute Gasteiger partial charge is 0.240 e. The zero-order chi connectivity index (χ0) is 13.6. The Bertz CT molecular complexity index is 518. The Hall–Kier alpha value is -1.05. The number of hydrogen-bond acceptors (Lipinski definition) is 4. The first kappa shape index (κ1) is 15.0. The van der Waals surface area contributed by atoms with E-state index < -0.39 is 15.8 Å². The van der Waals surface area contributed by atoms with Gasteiger partial charge in [0.25, 0.3) is 0 Å². The van der Waals surface area contributed by atoms with Gasteiger partial charge in [0.05, 0.1) is 10.6 Å². The van der Waals surface area contributed by atoms with Crippen LogP contribution in [0.3, 0.4) is 0 Å². The van der Waals surface area contributed by atoms with Crippen molar-refractivity contribution in [2.24, 2.45) is 0 Å². The van der Waals surface area contributed by atoms with Crippen LogP contribution in [0.15, 0.2) is 35.7 Å². The second-order valence-electron chi connectivity index (χ2n) is 3.44. The van der Waals surface area contributed by atoms with Crippen molar-refractivity contribution < 1.29 is 12.8 Å². The van der Waals surface area contributed by atoms with Crippen LogP contribution in [0.1, 0.15) is 0 Å². The molecule has 4 nitrogen and oxygen atoms in total. The summed E-state index contributed by atoms with van der Waals surface area (Å²) in [6, 6.07) is 3.33. The van der Waals surface area contributed by atoms with E-state index in [0.29, 0.717) is 12.3 Å². The molecule has 3 N–H and O–H groups in total. The van der Waals surface area contributed by atoms with E-state index in [2.05, 4.69) is 11.3 Å². The molecule has 100 valence electrons. The molecule has 0 saturated heterocycles. The van der Waals surface area contributed by atoms with Gasteiger partial charge in [-0.05, 0) is 18.2 Å². The number of thioether (sulfide) groups is 1. The fraction of sp³-hybridized carbons (Fsp3) is 0.273. The van der Waals surface area contributed by atoms with Crippen LogP contribution in [-0.4, -0.2) is 26.5 Å². The maximum atomic E-state index is 12.9. The fourth-order valence-corrected chi connectivity index (χ4v) is 2.96. The molecule has 0 saturated carbocycles. The second-order valence-corrected chi connectivity index (χ2v) is 6.36. The summed E-state index contributed by atoms with van der Waals surface area (Å²) >= 11 is 1.57. The van der Waals surface area contributed by atoms with Crippen molar-refractivity contribution in [1.82, 2.24) is 4.72 Å². The first-order valence-electron chi connectivity index (χ1n) is 5.20. The van der Waals surface area contributed by atoms with Crippen molar-refractivity contribution in [1.29, 1.82) is 0 Å². The molecule has 0 fully saturated rings. The van der Waals surface area contributed by atoms with Gasteiger partial charge >= 0.3 is 0 Å². The lowest BCUT2D eigenvalue weighted by Crippen LogP contribution is -2.26. The number of benzene rings is 1. The molecule has 18 heavy (non-hydrogen) atoms. The van der Waals surface area contributed by atoms with Crippen molar-refractivity contribution in [3.8, 4) is 0 Å². The number of rotatable bonds is 7. The monoisotopic (exact) mass is 290 g/mol. The normalized spacial score (nSPS) is 11.4. The summed E-state index contributed by atoms with van der Waals surface area (Å²) < 4.78 is 39.0. The minimum Gasteiger partial charge on any atom is -0.396 e. The number of nitrogens with one attached hydrogen (secondary N) is 1. The zero-order valence-electron chi connectivity index (χ0n) is 9.73. The number of halogens is 1. The van der Waals surface area contributed by atoms with E-state index in [-0.39, 0.29) is 10.6 Å². The molecule has 0 bridgehead atoms. The van der Waals surface area contributed by atoms with Crippen molar-refractivity contribution in [3.63, 3.8) is 0 Å². The van der Waals surface area contributed by atoms with Crippen LogP contribution in [0.4, 0.5) is 10.1 Å².